The van der Waals surface area contributed by atoms with Crippen molar-refractivity contribution in [2.45, 2.75) is 19.5 Å². The lowest BCUT2D eigenvalue weighted by Crippen LogP contribution is -2.33. The Kier molecular flexibility index (Phi) is 5.38. The molecule has 0 bridgehead atoms. The molecule has 0 aliphatic carbocycles. The van der Waals surface area contributed by atoms with E-state index in [1.807, 2.05) is 0 Å². The number of hydrogen-bond acceptors (Lipinski definition) is 3. The van der Waals surface area contributed by atoms with Crippen LogP contribution < -0.4 is 11.1 Å². The number of hydrogen-bond donors (Lipinski definition) is 2. The molecule has 4 nitrogen and oxygen atoms in total. The number of alkyl halides is 3. The number of carbonyl (C=O) groups excluding carboxylic acids is 1. The van der Waals surface area contributed by atoms with Gasteiger partial charge in [-0.05, 0) is 31.7 Å². The van der Waals surface area contributed by atoms with Crippen LogP contribution in [-0.2, 0) is 4.79 Å². The van der Waals surface area contributed by atoms with Crippen molar-refractivity contribution in [2.75, 3.05) is 31.2 Å². The van der Waals surface area contributed by atoms with Crippen molar-refractivity contribution in [1.82, 2.24) is 4.90 Å². The van der Waals surface area contributed by atoms with Gasteiger partial charge in [0.25, 0.3) is 0 Å². The molecular weight excluding hydrogens is 271 g/mol. The molecule has 1 rings (SSSR count). The number of halogens is 3. The van der Waals surface area contributed by atoms with E-state index in [9.17, 15) is 18.0 Å². The zero-order valence-corrected chi connectivity index (χ0v) is 11.4. The van der Waals surface area contributed by atoms with Gasteiger partial charge in [0.15, 0.2) is 0 Å². The molecule has 0 radical (unpaired) electrons. The number of nitrogen functional groups attached to an aromatic ring is 1. The predicted molar refractivity (Wildman–Crippen MR) is 72.4 cm³/mol. The summed E-state index contributed by atoms with van der Waals surface area (Å²) in [5, 5.41) is 2.64. The Labute approximate surface area is 115 Å². The molecule has 0 atom stereocenters. The van der Waals surface area contributed by atoms with E-state index in [1.54, 1.807) is 25.1 Å². The number of benzene rings is 1. The molecule has 0 heterocycles. The van der Waals surface area contributed by atoms with Crippen LogP contribution in [0.1, 0.15) is 12.0 Å². The minimum atomic E-state index is -4.25. The number of amides is 1. The fourth-order valence-corrected chi connectivity index (χ4v) is 1.68. The highest BCUT2D eigenvalue weighted by atomic mass is 19.4. The van der Waals surface area contributed by atoms with E-state index in [4.69, 9.17) is 5.73 Å². The summed E-state index contributed by atoms with van der Waals surface area (Å²) in [5.41, 5.74) is 7.57. The molecule has 3 N–H and O–H groups in total. The first-order valence-electron chi connectivity index (χ1n) is 6.09. The summed E-state index contributed by atoms with van der Waals surface area (Å²) < 4.78 is 36.4. The fourth-order valence-electron chi connectivity index (χ4n) is 1.68. The maximum atomic E-state index is 12.1. The van der Waals surface area contributed by atoms with E-state index in [2.05, 4.69) is 5.32 Å². The molecule has 0 saturated carbocycles. The van der Waals surface area contributed by atoms with Gasteiger partial charge >= 0.3 is 6.18 Å². The first-order valence-corrected chi connectivity index (χ1v) is 6.09. The first kappa shape index (κ1) is 16.3. The van der Waals surface area contributed by atoms with Crippen LogP contribution in [0.2, 0.25) is 0 Å². The Morgan fingerprint density at radius 2 is 2.05 bits per heavy atom. The second kappa shape index (κ2) is 6.60. The van der Waals surface area contributed by atoms with E-state index in [0.29, 0.717) is 11.4 Å². The Morgan fingerprint density at radius 1 is 1.40 bits per heavy atom. The van der Waals surface area contributed by atoms with Gasteiger partial charge in [0.05, 0.1) is 6.54 Å². The molecule has 0 saturated heterocycles. The molecule has 7 heteroatoms. The van der Waals surface area contributed by atoms with Crippen molar-refractivity contribution < 1.29 is 18.0 Å². The molecule has 112 valence electrons. The quantitative estimate of drug-likeness (QED) is 0.818. The molecule has 0 spiro atoms. The summed E-state index contributed by atoms with van der Waals surface area (Å²) in [6.07, 6.45) is -4.27. The SMILES string of the molecule is Cc1c(N)cccc1NC(=O)CCN(C)CC(F)(F)F. The van der Waals surface area contributed by atoms with E-state index in [1.165, 1.54) is 7.05 Å². The van der Waals surface area contributed by atoms with Gasteiger partial charge < -0.3 is 11.1 Å². The zero-order valence-electron chi connectivity index (χ0n) is 11.4. The number of nitrogens with zero attached hydrogens (tertiary/aromatic N) is 1. The molecule has 0 aliphatic heterocycles. The van der Waals surface area contributed by atoms with Gasteiger partial charge in [0.2, 0.25) is 5.91 Å². The van der Waals surface area contributed by atoms with E-state index in [0.717, 1.165) is 10.5 Å². The van der Waals surface area contributed by atoms with Crippen LogP contribution in [0.5, 0.6) is 0 Å². The van der Waals surface area contributed by atoms with E-state index >= 15 is 0 Å². The normalized spacial score (nSPS) is 11.7. The summed E-state index contributed by atoms with van der Waals surface area (Å²) in [7, 11) is 1.33. The van der Waals surface area contributed by atoms with Gasteiger partial charge in [-0.3, -0.25) is 9.69 Å². The third-order valence-electron chi connectivity index (χ3n) is 2.82. The lowest BCUT2D eigenvalue weighted by molar-refractivity contribution is -0.144. The molecule has 1 aromatic rings. The van der Waals surface area contributed by atoms with Gasteiger partial charge in [-0.1, -0.05) is 6.07 Å². The van der Waals surface area contributed by atoms with Gasteiger partial charge in [0, 0.05) is 24.3 Å². The molecule has 0 fully saturated rings. The standard InChI is InChI=1S/C13H18F3N3O/c1-9-10(17)4-3-5-11(9)18-12(20)6-7-19(2)8-13(14,15)16/h3-5H,6-8,17H2,1-2H3,(H,18,20). The summed E-state index contributed by atoms with van der Waals surface area (Å²) in [5.74, 6) is -0.340. The third-order valence-corrected chi connectivity index (χ3v) is 2.82. The van der Waals surface area contributed by atoms with Gasteiger partial charge in [0.1, 0.15) is 0 Å². The van der Waals surface area contributed by atoms with Gasteiger partial charge in [-0.25, -0.2) is 0 Å². The first-order chi connectivity index (χ1) is 9.19. The van der Waals surface area contributed by atoms with Crippen LogP contribution in [0.4, 0.5) is 24.5 Å². The topological polar surface area (TPSA) is 58.4 Å². The lowest BCUT2D eigenvalue weighted by Gasteiger charge is -2.18. The van der Waals surface area contributed by atoms with Crippen molar-refractivity contribution >= 4 is 17.3 Å². The van der Waals surface area contributed by atoms with Crippen LogP contribution in [0.3, 0.4) is 0 Å². The van der Waals surface area contributed by atoms with Crippen molar-refractivity contribution in [3.05, 3.63) is 23.8 Å². The molecule has 0 unspecified atom stereocenters. The summed E-state index contributed by atoms with van der Waals surface area (Å²) >= 11 is 0. The van der Waals surface area contributed by atoms with Crippen LogP contribution in [0, 0.1) is 6.92 Å². The molecule has 1 amide bonds. The second-order valence-electron chi connectivity index (χ2n) is 4.67. The summed E-state index contributed by atoms with van der Waals surface area (Å²) in [6.45, 7) is 0.769. The van der Waals surface area contributed by atoms with Gasteiger partial charge in [-0.15, -0.1) is 0 Å². The summed E-state index contributed by atoms with van der Waals surface area (Å²) in [6, 6.07) is 5.11. The number of carbonyl (C=O) groups is 1. The minimum Gasteiger partial charge on any atom is -0.398 e. The molecule has 0 aromatic heterocycles. The van der Waals surface area contributed by atoms with Crippen molar-refractivity contribution in [2.24, 2.45) is 0 Å². The molecule has 0 aliphatic rings. The predicted octanol–water partition coefficient (Wildman–Crippen LogP) is 2.40. The summed E-state index contributed by atoms with van der Waals surface area (Å²) in [4.78, 5) is 12.7. The van der Waals surface area contributed by atoms with Gasteiger partial charge in [-0.2, -0.15) is 13.2 Å². The van der Waals surface area contributed by atoms with Crippen LogP contribution in [0.15, 0.2) is 18.2 Å². The number of nitrogens with two attached hydrogens (primary N) is 1. The van der Waals surface area contributed by atoms with E-state index in [-0.39, 0.29) is 18.9 Å². The van der Waals surface area contributed by atoms with E-state index < -0.39 is 12.7 Å². The monoisotopic (exact) mass is 289 g/mol. The largest absolute Gasteiger partial charge is 0.401 e. The van der Waals surface area contributed by atoms with Crippen LogP contribution in [-0.4, -0.2) is 37.1 Å². The van der Waals surface area contributed by atoms with Crippen molar-refractivity contribution in [3.8, 4) is 0 Å². The highest BCUT2D eigenvalue weighted by molar-refractivity contribution is 5.92. The van der Waals surface area contributed by atoms with Crippen LogP contribution >= 0.6 is 0 Å². The minimum absolute atomic E-state index is 0.0131. The smallest absolute Gasteiger partial charge is 0.398 e. The molecule has 1 aromatic carbocycles. The number of nitrogens with one attached hydrogen (secondary N) is 1. The lowest BCUT2D eigenvalue weighted by atomic mass is 10.1. The fraction of sp³-hybridized carbons (Fsp3) is 0.462. The Bertz CT molecular complexity index is 474. The second-order valence-corrected chi connectivity index (χ2v) is 4.67. The Balaban J connectivity index is 2.46. The molecular formula is C13H18F3N3O. The average molecular weight is 289 g/mol. The third kappa shape index (κ3) is 5.48. The zero-order chi connectivity index (χ0) is 15.3. The average Bonchev–Trinajstić information content (AvgIpc) is 2.30. The highest BCUT2D eigenvalue weighted by Crippen LogP contribution is 2.20. The van der Waals surface area contributed by atoms with Crippen molar-refractivity contribution in [3.63, 3.8) is 0 Å². The highest BCUT2D eigenvalue weighted by Gasteiger charge is 2.29. The Hall–Kier alpha value is -1.76. The maximum Gasteiger partial charge on any atom is 0.401 e. The number of anilines is 2. The molecule has 20 heavy (non-hydrogen) atoms. The van der Waals surface area contributed by atoms with Crippen molar-refractivity contribution in [1.29, 1.82) is 0 Å². The van der Waals surface area contributed by atoms with Crippen LogP contribution in [0.25, 0.3) is 0 Å². The maximum absolute atomic E-state index is 12.1. The Morgan fingerprint density at radius 3 is 2.65 bits per heavy atom. The number of rotatable bonds is 5.